The van der Waals surface area contributed by atoms with Gasteiger partial charge in [-0.05, 0) is 37.6 Å². The second-order valence-corrected chi connectivity index (χ2v) is 8.11. The molecule has 2 heterocycles. The summed E-state index contributed by atoms with van der Waals surface area (Å²) < 4.78 is 46.2. The van der Waals surface area contributed by atoms with E-state index in [1.807, 2.05) is 24.3 Å². The third kappa shape index (κ3) is 4.70. The van der Waals surface area contributed by atoms with Gasteiger partial charge in [0.2, 0.25) is 11.5 Å². The van der Waals surface area contributed by atoms with Gasteiger partial charge in [-0.25, -0.2) is 4.98 Å². The molecule has 30 heavy (non-hydrogen) atoms. The number of nitrogens with zero attached hydrogens (tertiary/aromatic N) is 3. The summed E-state index contributed by atoms with van der Waals surface area (Å²) in [6, 6.07) is 7.48. The Bertz CT molecular complexity index is 872. The topological polar surface area (TPSA) is 65.9 Å². The first-order valence-corrected chi connectivity index (χ1v) is 10.4. The zero-order valence-corrected chi connectivity index (χ0v) is 17.6. The van der Waals surface area contributed by atoms with E-state index in [0.717, 1.165) is 11.4 Å². The number of aliphatic hydroxyl groups is 1. The second-order valence-electron chi connectivity index (χ2n) is 7.25. The van der Waals surface area contributed by atoms with Crippen molar-refractivity contribution in [1.29, 1.82) is 0 Å². The van der Waals surface area contributed by atoms with Crippen molar-refractivity contribution in [3.05, 3.63) is 40.3 Å². The quantitative estimate of drug-likeness (QED) is 0.768. The van der Waals surface area contributed by atoms with Crippen molar-refractivity contribution in [1.82, 2.24) is 9.88 Å². The minimum atomic E-state index is -5.01. The maximum atomic E-state index is 13.7. The number of anilines is 1. The van der Waals surface area contributed by atoms with Crippen LogP contribution in [0.1, 0.15) is 23.5 Å². The zero-order chi connectivity index (χ0) is 21.9. The van der Waals surface area contributed by atoms with Gasteiger partial charge in [0.15, 0.2) is 0 Å². The number of hydrogen-bond donors (Lipinski definition) is 1. The molecule has 0 aliphatic carbocycles. The highest BCUT2D eigenvalue weighted by atomic mass is 32.1. The minimum Gasteiger partial charge on any atom is -0.497 e. The highest BCUT2D eigenvalue weighted by Crippen LogP contribution is 2.43. The van der Waals surface area contributed by atoms with Crippen molar-refractivity contribution in [2.24, 2.45) is 0 Å². The summed E-state index contributed by atoms with van der Waals surface area (Å²) in [6.45, 7) is 3.30. The van der Waals surface area contributed by atoms with Crippen LogP contribution in [0.5, 0.6) is 5.75 Å². The Morgan fingerprint density at radius 3 is 2.47 bits per heavy atom. The average Bonchev–Trinajstić information content (AvgIpc) is 2.99. The van der Waals surface area contributed by atoms with Crippen molar-refractivity contribution >= 4 is 22.9 Å². The summed E-state index contributed by atoms with van der Waals surface area (Å²) >= 11 is 0.706. The van der Waals surface area contributed by atoms with Crippen molar-refractivity contribution in [3.8, 4) is 5.75 Å². The van der Waals surface area contributed by atoms with Crippen molar-refractivity contribution < 1.29 is 27.8 Å². The molecule has 1 atom stereocenters. The largest absolute Gasteiger partial charge is 0.497 e. The number of benzene rings is 1. The highest BCUT2D eigenvalue weighted by Gasteiger charge is 2.58. The van der Waals surface area contributed by atoms with Gasteiger partial charge in [0, 0.05) is 42.9 Å². The molecule has 1 N–H and O–H groups in total. The number of thiazole rings is 1. The van der Waals surface area contributed by atoms with Gasteiger partial charge in [0.1, 0.15) is 10.8 Å². The second kappa shape index (κ2) is 8.81. The normalized spacial score (nSPS) is 17.4. The molecule has 1 aromatic carbocycles. The molecule has 1 saturated heterocycles. The van der Waals surface area contributed by atoms with Gasteiger partial charge in [-0.1, -0.05) is 0 Å². The lowest BCUT2D eigenvalue weighted by Gasteiger charge is -2.30. The lowest BCUT2D eigenvalue weighted by atomic mass is 9.98. The smallest absolute Gasteiger partial charge is 0.424 e. The first-order chi connectivity index (χ1) is 14.1. The van der Waals surface area contributed by atoms with E-state index in [9.17, 15) is 23.1 Å². The van der Waals surface area contributed by atoms with Crippen LogP contribution >= 0.6 is 11.3 Å². The molecule has 0 radical (unpaired) electrons. The molecular formula is C20H24F3N3O3S. The lowest BCUT2D eigenvalue weighted by Crippen LogP contribution is -2.47. The number of aryl methyl sites for hydroxylation is 1. The predicted octanol–water partition coefficient (Wildman–Crippen LogP) is 3.34. The molecule has 2 aromatic rings. The van der Waals surface area contributed by atoms with E-state index in [2.05, 4.69) is 9.88 Å². The summed E-state index contributed by atoms with van der Waals surface area (Å²) in [5, 5.41) is 11.4. The molecule has 1 amide bonds. The Morgan fingerprint density at radius 2 is 1.90 bits per heavy atom. The van der Waals surface area contributed by atoms with E-state index in [0.29, 0.717) is 43.1 Å². The minimum absolute atomic E-state index is 0.274. The number of ether oxygens (including phenoxy) is 1. The highest BCUT2D eigenvalue weighted by molar-refractivity contribution is 7.09. The van der Waals surface area contributed by atoms with Crippen LogP contribution in [0.3, 0.4) is 0 Å². The number of alkyl halides is 3. The molecule has 1 fully saturated rings. The Labute approximate surface area is 176 Å². The number of halogens is 3. The molecule has 164 valence electrons. The van der Waals surface area contributed by atoms with Gasteiger partial charge in [0.05, 0.1) is 13.5 Å². The molecule has 1 aliphatic rings. The van der Waals surface area contributed by atoms with E-state index >= 15 is 0 Å². The fourth-order valence-corrected chi connectivity index (χ4v) is 4.30. The van der Waals surface area contributed by atoms with Gasteiger partial charge < -0.3 is 19.6 Å². The van der Waals surface area contributed by atoms with Gasteiger partial charge in [-0.2, -0.15) is 13.2 Å². The van der Waals surface area contributed by atoms with E-state index in [1.165, 1.54) is 10.3 Å². The molecule has 3 rings (SSSR count). The van der Waals surface area contributed by atoms with Crippen LogP contribution in [0, 0.1) is 6.92 Å². The van der Waals surface area contributed by atoms with Crippen LogP contribution in [0.15, 0.2) is 29.6 Å². The standard InChI is InChI=1S/C20H24F3N3O3S/c1-14-13-30-18(24-14)19(28,20(21,22)23)12-17(27)26-9-3-8-25(10-11-26)15-4-6-16(29-2)7-5-15/h4-7,13,28H,3,8-12H2,1-2H3. The van der Waals surface area contributed by atoms with E-state index in [1.54, 1.807) is 14.0 Å². The summed E-state index contributed by atoms with van der Waals surface area (Å²) in [5.41, 5.74) is -1.96. The Balaban J connectivity index is 1.70. The number of carbonyl (C=O) groups is 1. The summed E-state index contributed by atoms with van der Waals surface area (Å²) in [6.07, 6.45) is -5.47. The molecule has 10 heteroatoms. The Hall–Kier alpha value is -2.33. The summed E-state index contributed by atoms with van der Waals surface area (Å²) in [4.78, 5) is 20.0. The first-order valence-electron chi connectivity index (χ1n) is 9.52. The van der Waals surface area contributed by atoms with Crippen molar-refractivity contribution in [2.75, 3.05) is 38.2 Å². The SMILES string of the molecule is COc1ccc(N2CCCN(C(=O)CC(O)(c3nc(C)cs3)C(F)(F)F)CC2)cc1. The summed E-state index contributed by atoms with van der Waals surface area (Å²) in [5.74, 6) is -0.00602. The number of methoxy groups -OCH3 is 1. The maximum absolute atomic E-state index is 13.7. The molecule has 6 nitrogen and oxygen atoms in total. The summed E-state index contributed by atoms with van der Waals surface area (Å²) in [7, 11) is 1.58. The van der Waals surface area contributed by atoms with Crippen LogP contribution in [0.4, 0.5) is 18.9 Å². The lowest BCUT2D eigenvalue weighted by molar-refractivity contribution is -0.268. The van der Waals surface area contributed by atoms with Crippen LogP contribution in [-0.4, -0.2) is 60.4 Å². The predicted molar refractivity (Wildman–Crippen MR) is 108 cm³/mol. The fraction of sp³-hybridized carbons (Fsp3) is 0.500. The number of hydrogen-bond acceptors (Lipinski definition) is 6. The van der Waals surface area contributed by atoms with Crippen molar-refractivity contribution in [3.63, 3.8) is 0 Å². The van der Waals surface area contributed by atoms with Crippen LogP contribution in [-0.2, 0) is 10.4 Å². The van der Waals surface area contributed by atoms with Crippen molar-refractivity contribution in [2.45, 2.75) is 31.5 Å². The maximum Gasteiger partial charge on any atom is 0.424 e. The Morgan fingerprint density at radius 1 is 1.20 bits per heavy atom. The van der Waals surface area contributed by atoms with Gasteiger partial charge in [-0.15, -0.1) is 11.3 Å². The fourth-order valence-electron chi connectivity index (χ4n) is 3.39. The molecular weight excluding hydrogens is 419 g/mol. The zero-order valence-electron chi connectivity index (χ0n) is 16.8. The molecule has 0 saturated carbocycles. The average molecular weight is 443 g/mol. The third-order valence-corrected chi connectivity index (χ3v) is 6.25. The van der Waals surface area contributed by atoms with Crippen LogP contribution in [0.25, 0.3) is 0 Å². The number of carbonyl (C=O) groups excluding carboxylic acids is 1. The van der Waals surface area contributed by atoms with Crippen LogP contribution < -0.4 is 9.64 Å². The monoisotopic (exact) mass is 443 g/mol. The molecule has 0 bridgehead atoms. The van der Waals surface area contributed by atoms with Crippen LogP contribution in [0.2, 0.25) is 0 Å². The number of rotatable bonds is 5. The van der Waals surface area contributed by atoms with Gasteiger partial charge in [-0.3, -0.25) is 4.79 Å². The van der Waals surface area contributed by atoms with E-state index in [-0.39, 0.29) is 6.54 Å². The first kappa shape index (κ1) is 22.4. The molecule has 1 aromatic heterocycles. The number of amides is 1. The van der Waals surface area contributed by atoms with Gasteiger partial charge in [0.25, 0.3) is 0 Å². The molecule has 1 unspecified atom stereocenters. The third-order valence-electron chi connectivity index (χ3n) is 5.14. The number of aromatic nitrogens is 1. The molecule has 0 spiro atoms. The van der Waals surface area contributed by atoms with E-state index < -0.39 is 29.1 Å². The Kier molecular flexibility index (Phi) is 6.56. The van der Waals surface area contributed by atoms with E-state index in [4.69, 9.17) is 4.74 Å². The van der Waals surface area contributed by atoms with Gasteiger partial charge >= 0.3 is 6.18 Å². The molecule has 1 aliphatic heterocycles.